The van der Waals surface area contributed by atoms with Gasteiger partial charge in [0, 0.05) is 32.2 Å². The third kappa shape index (κ3) is 5.03. The summed E-state index contributed by atoms with van der Waals surface area (Å²) in [7, 11) is 1.89. The molecule has 5 nitrogen and oxygen atoms in total. The first-order valence-corrected chi connectivity index (χ1v) is 7.12. The Balaban J connectivity index is 2.66. The van der Waals surface area contributed by atoms with Crippen LogP contribution < -0.4 is 10.6 Å². The van der Waals surface area contributed by atoms with Crippen molar-refractivity contribution >= 4 is 11.6 Å². The van der Waals surface area contributed by atoms with E-state index in [2.05, 4.69) is 27.5 Å². The number of aliphatic hydroxyl groups is 1. The highest BCUT2D eigenvalue weighted by atomic mass is 16.2. The SMILES string of the molecule is CCCc1nc(NC)c(C)c(NCCCCCO)n1. The molecule has 0 aromatic carbocycles. The van der Waals surface area contributed by atoms with Crippen molar-refractivity contribution in [1.82, 2.24) is 9.97 Å². The standard InChI is InChI=1S/C14H26N4O/c1-4-8-12-17-13(15-3)11(2)14(18-12)16-9-6-5-7-10-19/h19H,4-10H2,1-3H3,(H2,15,16,17,18). The molecule has 1 aromatic heterocycles. The van der Waals surface area contributed by atoms with Crippen LogP contribution in [0.4, 0.5) is 11.6 Å². The molecule has 0 aliphatic carbocycles. The number of anilines is 2. The molecular weight excluding hydrogens is 240 g/mol. The van der Waals surface area contributed by atoms with E-state index in [-0.39, 0.29) is 6.61 Å². The van der Waals surface area contributed by atoms with E-state index >= 15 is 0 Å². The molecule has 3 N–H and O–H groups in total. The normalized spacial score (nSPS) is 10.5. The van der Waals surface area contributed by atoms with Gasteiger partial charge in [0.2, 0.25) is 0 Å². The van der Waals surface area contributed by atoms with Crippen molar-refractivity contribution in [2.45, 2.75) is 46.0 Å². The molecule has 19 heavy (non-hydrogen) atoms. The average Bonchev–Trinajstić information content (AvgIpc) is 2.41. The summed E-state index contributed by atoms with van der Waals surface area (Å²) in [6, 6.07) is 0. The van der Waals surface area contributed by atoms with Crippen LogP contribution in [0.15, 0.2) is 0 Å². The summed E-state index contributed by atoms with van der Waals surface area (Å²) >= 11 is 0. The molecule has 0 amide bonds. The highest BCUT2D eigenvalue weighted by molar-refractivity contribution is 5.56. The minimum atomic E-state index is 0.275. The Labute approximate surface area is 115 Å². The van der Waals surface area contributed by atoms with Crippen LogP contribution in [0.25, 0.3) is 0 Å². The second kappa shape index (κ2) is 8.69. The number of hydrogen-bond donors (Lipinski definition) is 3. The van der Waals surface area contributed by atoms with Crippen molar-refractivity contribution in [2.75, 3.05) is 30.8 Å². The zero-order valence-corrected chi connectivity index (χ0v) is 12.3. The molecule has 0 fully saturated rings. The van der Waals surface area contributed by atoms with Gasteiger partial charge in [-0.1, -0.05) is 6.92 Å². The second-order valence-corrected chi connectivity index (χ2v) is 4.67. The maximum atomic E-state index is 8.74. The molecule has 1 heterocycles. The summed E-state index contributed by atoms with van der Waals surface area (Å²) in [5, 5.41) is 15.2. The monoisotopic (exact) mass is 266 g/mol. The predicted molar refractivity (Wildman–Crippen MR) is 79.7 cm³/mol. The summed E-state index contributed by atoms with van der Waals surface area (Å²) in [5.74, 6) is 2.71. The van der Waals surface area contributed by atoms with Crippen LogP contribution in [0.3, 0.4) is 0 Å². The highest BCUT2D eigenvalue weighted by Crippen LogP contribution is 2.20. The number of unbranched alkanes of at least 4 members (excludes halogenated alkanes) is 2. The van der Waals surface area contributed by atoms with Gasteiger partial charge in [0.25, 0.3) is 0 Å². The summed E-state index contributed by atoms with van der Waals surface area (Å²) in [6.07, 6.45) is 4.89. The van der Waals surface area contributed by atoms with Crippen molar-refractivity contribution in [1.29, 1.82) is 0 Å². The highest BCUT2D eigenvalue weighted by Gasteiger charge is 2.09. The Morgan fingerprint density at radius 3 is 2.47 bits per heavy atom. The topological polar surface area (TPSA) is 70.1 Å². The maximum absolute atomic E-state index is 8.74. The fourth-order valence-electron chi connectivity index (χ4n) is 1.93. The number of aromatic nitrogens is 2. The minimum Gasteiger partial charge on any atom is -0.396 e. The van der Waals surface area contributed by atoms with Crippen LogP contribution in [0.1, 0.15) is 44.0 Å². The molecule has 1 rings (SSSR count). The van der Waals surface area contributed by atoms with E-state index < -0.39 is 0 Å². The summed E-state index contributed by atoms with van der Waals surface area (Å²) in [6.45, 7) is 5.31. The molecule has 0 unspecified atom stereocenters. The molecule has 5 heteroatoms. The smallest absolute Gasteiger partial charge is 0.134 e. The molecule has 0 saturated heterocycles. The van der Waals surface area contributed by atoms with Crippen LogP contribution in [-0.2, 0) is 6.42 Å². The third-order valence-electron chi connectivity index (χ3n) is 3.03. The number of aryl methyl sites for hydroxylation is 1. The van der Waals surface area contributed by atoms with Gasteiger partial charge in [0.05, 0.1) is 0 Å². The first-order chi connectivity index (χ1) is 9.22. The van der Waals surface area contributed by atoms with Gasteiger partial charge >= 0.3 is 0 Å². The molecule has 0 atom stereocenters. The largest absolute Gasteiger partial charge is 0.396 e. The summed E-state index contributed by atoms with van der Waals surface area (Å²) < 4.78 is 0. The molecule has 0 bridgehead atoms. The summed E-state index contributed by atoms with van der Waals surface area (Å²) in [5.41, 5.74) is 1.06. The van der Waals surface area contributed by atoms with E-state index in [1.54, 1.807) is 0 Å². The second-order valence-electron chi connectivity index (χ2n) is 4.67. The van der Waals surface area contributed by atoms with E-state index in [1.807, 2.05) is 14.0 Å². The number of hydrogen-bond acceptors (Lipinski definition) is 5. The molecule has 0 aliphatic heterocycles. The number of aliphatic hydroxyl groups excluding tert-OH is 1. The zero-order chi connectivity index (χ0) is 14.1. The zero-order valence-electron chi connectivity index (χ0n) is 12.3. The minimum absolute atomic E-state index is 0.275. The number of nitrogens with one attached hydrogen (secondary N) is 2. The van der Waals surface area contributed by atoms with Crippen molar-refractivity contribution in [3.05, 3.63) is 11.4 Å². The molecular formula is C14H26N4O. The number of rotatable bonds is 9. The first-order valence-electron chi connectivity index (χ1n) is 7.12. The lowest BCUT2D eigenvalue weighted by Gasteiger charge is -2.13. The van der Waals surface area contributed by atoms with Gasteiger partial charge in [-0.2, -0.15) is 0 Å². The van der Waals surface area contributed by atoms with Gasteiger partial charge < -0.3 is 15.7 Å². The number of nitrogens with zero attached hydrogens (tertiary/aromatic N) is 2. The van der Waals surface area contributed by atoms with Crippen molar-refractivity contribution in [3.63, 3.8) is 0 Å². The van der Waals surface area contributed by atoms with Gasteiger partial charge in [-0.05, 0) is 32.6 Å². The predicted octanol–water partition coefficient (Wildman–Crippen LogP) is 2.35. The fourth-order valence-corrected chi connectivity index (χ4v) is 1.93. The molecule has 0 saturated carbocycles. The Kier molecular flexibility index (Phi) is 7.18. The van der Waals surface area contributed by atoms with E-state index in [0.29, 0.717) is 0 Å². The van der Waals surface area contributed by atoms with Crippen molar-refractivity contribution in [2.24, 2.45) is 0 Å². The van der Waals surface area contributed by atoms with Gasteiger partial charge in [0.15, 0.2) is 0 Å². The molecule has 1 aromatic rings. The average molecular weight is 266 g/mol. The molecule has 108 valence electrons. The van der Waals surface area contributed by atoms with Crippen LogP contribution >= 0.6 is 0 Å². The van der Waals surface area contributed by atoms with Crippen molar-refractivity contribution in [3.8, 4) is 0 Å². The quantitative estimate of drug-likeness (QED) is 0.599. The third-order valence-corrected chi connectivity index (χ3v) is 3.03. The Morgan fingerprint density at radius 1 is 1.11 bits per heavy atom. The van der Waals surface area contributed by atoms with Crippen molar-refractivity contribution < 1.29 is 5.11 Å². The lowest BCUT2D eigenvalue weighted by Crippen LogP contribution is -2.10. The van der Waals surface area contributed by atoms with Gasteiger partial charge in [-0.3, -0.25) is 0 Å². The van der Waals surface area contributed by atoms with Gasteiger partial charge in [0.1, 0.15) is 17.5 Å². The van der Waals surface area contributed by atoms with Crippen LogP contribution in [0, 0.1) is 6.92 Å². The van der Waals surface area contributed by atoms with E-state index in [4.69, 9.17) is 5.11 Å². The lowest BCUT2D eigenvalue weighted by molar-refractivity contribution is 0.283. The first kappa shape index (κ1) is 15.7. The lowest BCUT2D eigenvalue weighted by atomic mass is 10.2. The van der Waals surface area contributed by atoms with E-state index in [9.17, 15) is 0 Å². The maximum Gasteiger partial charge on any atom is 0.134 e. The van der Waals surface area contributed by atoms with E-state index in [0.717, 1.165) is 61.7 Å². The Hall–Kier alpha value is -1.36. The fraction of sp³-hybridized carbons (Fsp3) is 0.714. The van der Waals surface area contributed by atoms with Gasteiger partial charge in [-0.15, -0.1) is 0 Å². The van der Waals surface area contributed by atoms with Gasteiger partial charge in [-0.25, -0.2) is 9.97 Å². The Morgan fingerprint density at radius 2 is 1.84 bits per heavy atom. The Bertz CT molecular complexity index is 382. The molecule has 0 spiro atoms. The molecule has 0 aliphatic rings. The van der Waals surface area contributed by atoms with Crippen LogP contribution in [-0.4, -0.2) is 35.3 Å². The van der Waals surface area contributed by atoms with E-state index in [1.165, 1.54) is 0 Å². The summed E-state index contributed by atoms with van der Waals surface area (Å²) in [4.78, 5) is 9.08. The van der Waals surface area contributed by atoms with Crippen LogP contribution in [0.5, 0.6) is 0 Å². The van der Waals surface area contributed by atoms with Crippen LogP contribution in [0.2, 0.25) is 0 Å². The molecule has 0 radical (unpaired) electrons.